The van der Waals surface area contributed by atoms with Gasteiger partial charge >= 0.3 is 0 Å². The number of rotatable bonds is 1. The van der Waals surface area contributed by atoms with Crippen molar-refractivity contribution in [2.45, 2.75) is 24.8 Å². The SMILES string of the molecule is CC1CC2C=CC1([SiH](Cl)Cl)C2. The van der Waals surface area contributed by atoms with Gasteiger partial charge < -0.3 is 0 Å². The molecular formula is C8H12Cl2Si. The van der Waals surface area contributed by atoms with E-state index in [1.807, 2.05) is 0 Å². The molecule has 0 aliphatic heterocycles. The largest absolute Gasteiger partial charge is 0.246 e. The van der Waals surface area contributed by atoms with Gasteiger partial charge in [0.05, 0.1) is 0 Å². The second kappa shape index (κ2) is 2.51. The zero-order chi connectivity index (χ0) is 8.06. The lowest BCUT2D eigenvalue weighted by Gasteiger charge is -2.29. The number of fused-ring (bicyclic) bond motifs is 2. The maximum Gasteiger partial charge on any atom is 0.246 e. The maximum absolute atomic E-state index is 6.12. The van der Waals surface area contributed by atoms with Crippen LogP contribution in [-0.2, 0) is 0 Å². The highest BCUT2D eigenvalue weighted by molar-refractivity contribution is 7.35. The molecule has 0 radical (unpaired) electrons. The van der Waals surface area contributed by atoms with E-state index in [1.54, 1.807) is 0 Å². The lowest BCUT2D eigenvalue weighted by Crippen LogP contribution is -2.23. The van der Waals surface area contributed by atoms with Crippen LogP contribution in [0.5, 0.6) is 0 Å². The van der Waals surface area contributed by atoms with Gasteiger partial charge in [0.1, 0.15) is 0 Å². The van der Waals surface area contributed by atoms with Crippen LogP contribution in [0.25, 0.3) is 0 Å². The third kappa shape index (κ3) is 1.01. The number of hydrogen-bond acceptors (Lipinski definition) is 0. The van der Waals surface area contributed by atoms with Crippen molar-refractivity contribution in [3.05, 3.63) is 12.2 Å². The van der Waals surface area contributed by atoms with Crippen molar-refractivity contribution < 1.29 is 0 Å². The highest BCUT2D eigenvalue weighted by atomic mass is 35.7. The molecule has 0 heterocycles. The molecular weight excluding hydrogens is 195 g/mol. The molecule has 3 atom stereocenters. The molecule has 3 unspecified atom stereocenters. The van der Waals surface area contributed by atoms with Crippen LogP contribution in [0.1, 0.15) is 19.8 Å². The Kier molecular flexibility index (Phi) is 1.86. The summed E-state index contributed by atoms with van der Waals surface area (Å²) in [6, 6.07) is 0. The van der Waals surface area contributed by atoms with E-state index >= 15 is 0 Å². The Bertz CT molecular complexity index is 202. The summed E-state index contributed by atoms with van der Waals surface area (Å²) in [5, 5.41) is 0.258. The van der Waals surface area contributed by atoms with Crippen molar-refractivity contribution in [3.8, 4) is 0 Å². The Morgan fingerprint density at radius 3 is 2.55 bits per heavy atom. The van der Waals surface area contributed by atoms with Crippen molar-refractivity contribution >= 4 is 29.6 Å². The molecule has 2 bridgehead atoms. The summed E-state index contributed by atoms with van der Waals surface area (Å²) < 4.78 is 0. The average Bonchev–Trinajstić information content (AvgIpc) is 2.43. The Labute approximate surface area is 78.6 Å². The lowest BCUT2D eigenvalue weighted by molar-refractivity contribution is 0.507. The van der Waals surface area contributed by atoms with Gasteiger partial charge in [-0.1, -0.05) is 19.1 Å². The summed E-state index contributed by atoms with van der Waals surface area (Å²) in [4.78, 5) is 0. The van der Waals surface area contributed by atoms with Gasteiger partial charge in [-0.2, -0.15) is 0 Å². The zero-order valence-corrected chi connectivity index (χ0v) is 9.22. The van der Waals surface area contributed by atoms with Crippen molar-refractivity contribution in [1.29, 1.82) is 0 Å². The van der Waals surface area contributed by atoms with Gasteiger partial charge in [-0.15, -0.1) is 22.2 Å². The summed E-state index contributed by atoms with van der Waals surface area (Å²) in [5.41, 5.74) is 0. The third-order valence-electron chi connectivity index (χ3n) is 3.27. The fraction of sp³-hybridized carbons (Fsp3) is 0.750. The molecule has 0 aromatic carbocycles. The highest BCUT2D eigenvalue weighted by Crippen LogP contribution is 2.61. The Balaban J connectivity index is 2.30. The molecule has 0 amide bonds. The van der Waals surface area contributed by atoms with Gasteiger partial charge in [0.2, 0.25) is 7.42 Å². The average molecular weight is 207 g/mol. The molecule has 11 heavy (non-hydrogen) atoms. The predicted molar refractivity (Wildman–Crippen MR) is 52.6 cm³/mol. The molecule has 0 saturated heterocycles. The van der Waals surface area contributed by atoms with E-state index in [4.69, 9.17) is 22.2 Å². The van der Waals surface area contributed by atoms with E-state index in [2.05, 4.69) is 19.1 Å². The minimum absolute atomic E-state index is 0.258. The van der Waals surface area contributed by atoms with Crippen LogP contribution in [0.3, 0.4) is 0 Å². The third-order valence-corrected chi connectivity index (χ3v) is 7.52. The van der Waals surface area contributed by atoms with Crippen molar-refractivity contribution in [3.63, 3.8) is 0 Å². The van der Waals surface area contributed by atoms with Crippen LogP contribution in [0.2, 0.25) is 5.04 Å². The smallest absolute Gasteiger partial charge is 0.149 e. The standard InChI is InChI=1S/C8H12Cl2Si/c1-6-4-7-2-3-8(6,5-7)11(9)10/h2-3,6-7,11H,4-5H2,1H3. The van der Waals surface area contributed by atoms with Crippen LogP contribution >= 0.6 is 22.2 Å². The molecule has 1 fully saturated rings. The molecule has 0 nitrogen and oxygen atoms in total. The number of allylic oxidation sites excluding steroid dienone is 2. The second-order valence-electron chi connectivity index (χ2n) is 3.87. The van der Waals surface area contributed by atoms with Gasteiger partial charge in [-0.25, -0.2) is 0 Å². The minimum Gasteiger partial charge on any atom is -0.149 e. The summed E-state index contributed by atoms with van der Waals surface area (Å²) in [6.45, 7) is 2.29. The Hall–Kier alpha value is 0.537. The predicted octanol–water partition coefficient (Wildman–Crippen LogP) is 3.04. The minimum atomic E-state index is -1.52. The lowest BCUT2D eigenvalue weighted by atomic mass is 9.95. The fourth-order valence-electron chi connectivity index (χ4n) is 2.48. The van der Waals surface area contributed by atoms with Crippen LogP contribution < -0.4 is 0 Å². The van der Waals surface area contributed by atoms with Crippen molar-refractivity contribution in [2.75, 3.05) is 0 Å². The van der Waals surface area contributed by atoms with E-state index in [0.29, 0.717) is 0 Å². The molecule has 0 N–H and O–H groups in total. The molecule has 3 heteroatoms. The Morgan fingerprint density at radius 2 is 2.27 bits per heavy atom. The summed E-state index contributed by atoms with van der Waals surface area (Å²) in [6.07, 6.45) is 7.14. The van der Waals surface area contributed by atoms with Gasteiger partial charge in [-0.05, 0) is 24.7 Å². The van der Waals surface area contributed by atoms with E-state index in [0.717, 1.165) is 11.8 Å². The van der Waals surface area contributed by atoms with Crippen LogP contribution in [0, 0.1) is 11.8 Å². The molecule has 2 aliphatic carbocycles. The van der Waals surface area contributed by atoms with Crippen molar-refractivity contribution in [2.24, 2.45) is 11.8 Å². The van der Waals surface area contributed by atoms with Crippen LogP contribution in [0.15, 0.2) is 12.2 Å². The van der Waals surface area contributed by atoms with E-state index in [-0.39, 0.29) is 5.04 Å². The fourth-order valence-corrected chi connectivity index (χ4v) is 6.05. The first kappa shape index (κ1) is 8.15. The summed E-state index contributed by atoms with van der Waals surface area (Å²) in [7, 11) is -1.52. The monoisotopic (exact) mass is 206 g/mol. The van der Waals surface area contributed by atoms with Gasteiger partial charge in [-0.3, -0.25) is 0 Å². The van der Waals surface area contributed by atoms with E-state index in [9.17, 15) is 0 Å². The van der Waals surface area contributed by atoms with E-state index in [1.165, 1.54) is 12.8 Å². The first-order chi connectivity index (χ1) is 5.15. The van der Waals surface area contributed by atoms with Crippen LogP contribution in [0.4, 0.5) is 0 Å². The molecule has 2 aliphatic rings. The Morgan fingerprint density at radius 1 is 1.55 bits per heavy atom. The quantitative estimate of drug-likeness (QED) is 0.352. The highest BCUT2D eigenvalue weighted by Gasteiger charge is 2.51. The van der Waals surface area contributed by atoms with Gasteiger partial charge in [0, 0.05) is 5.04 Å². The number of hydrogen-bond donors (Lipinski definition) is 0. The molecule has 1 saturated carbocycles. The summed E-state index contributed by atoms with van der Waals surface area (Å²) >= 11 is 12.2. The first-order valence-corrected chi connectivity index (χ1v) is 8.19. The summed E-state index contributed by atoms with van der Waals surface area (Å²) in [5.74, 6) is 1.52. The van der Waals surface area contributed by atoms with Crippen LogP contribution in [-0.4, -0.2) is 7.42 Å². The number of halogens is 2. The molecule has 0 aromatic rings. The second-order valence-corrected chi connectivity index (χ2v) is 8.84. The maximum atomic E-state index is 6.12. The van der Waals surface area contributed by atoms with Gasteiger partial charge in [0.25, 0.3) is 0 Å². The zero-order valence-electron chi connectivity index (χ0n) is 6.56. The molecule has 62 valence electrons. The molecule has 0 spiro atoms. The topological polar surface area (TPSA) is 0 Å². The normalized spacial score (nSPS) is 47.6. The van der Waals surface area contributed by atoms with E-state index < -0.39 is 7.42 Å². The molecule has 2 rings (SSSR count). The van der Waals surface area contributed by atoms with Gasteiger partial charge in [0.15, 0.2) is 0 Å². The molecule has 0 aromatic heterocycles. The van der Waals surface area contributed by atoms with Crippen molar-refractivity contribution in [1.82, 2.24) is 0 Å². The first-order valence-electron chi connectivity index (χ1n) is 4.12.